The van der Waals surface area contributed by atoms with Gasteiger partial charge < -0.3 is 9.84 Å². The molecule has 0 aromatic carbocycles. The van der Waals surface area contributed by atoms with Gasteiger partial charge >= 0.3 is 0 Å². The van der Waals surface area contributed by atoms with E-state index >= 15 is 0 Å². The zero-order chi connectivity index (χ0) is 14.8. The quantitative estimate of drug-likeness (QED) is 0.750. The summed E-state index contributed by atoms with van der Waals surface area (Å²) in [6, 6.07) is 0. The topological polar surface area (TPSA) is 29.5 Å². The Kier molecular flexibility index (Phi) is 6.24. The first-order valence-corrected chi connectivity index (χ1v) is 9.80. The summed E-state index contributed by atoms with van der Waals surface area (Å²) < 4.78 is 5.75. The Morgan fingerprint density at radius 3 is 1.78 bits per heavy atom. The molecule has 2 unspecified atom stereocenters. The van der Waals surface area contributed by atoms with Crippen LogP contribution in [0.1, 0.15) is 41.5 Å². The first-order chi connectivity index (χ1) is 7.82. The number of rotatable bonds is 6. The second kappa shape index (κ2) is 6.15. The summed E-state index contributed by atoms with van der Waals surface area (Å²) in [5.74, 6) is 1.41. The third-order valence-electron chi connectivity index (χ3n) is 4.30. The minimum atomic E-state index is -0.695. The van der Waals surface area contributed by atoms with Crippen LogP contribution >= 0.6 is 10.0 Å². The highest BCUT2D eigenvalue weighted by Crippen LogP contribution is 2.47. The molecule has 0 aliphatic heterocycles. The molecule has 2 nitrogen and oxygen atoms in total. The van der Waals surface area contributed by atoms with E-state index in [-0.39, 0.29) is 10.8 Å². The Hall–Kier alpha value is 0.270. The molecule has 2 atom stereocenters. The van der Waals surface area contributed by atoms with E-state index in [0.29, 0.717) is 12.5 Å². The van der Waals surface area contributed by atoms with Gasteiger partial charge in [0.25, 0.3) is 0 Å². The minimum absolute atomic E-state index is 0.00910. The summed E-state index contributed by atoms with van der Waals surface area (Å²) in [6.45, 7) is 13.6. The lowest BCUT2D eigenvalue weighted by molar-refractivity contribution is -0.215. The van der Waals surface area contributed by atoms with Crippen LogP contribution < -0.4 is 0 Å². The number of hydrogen-bond donors (Lipinski definition) is 1. The SMILES string of the molecule is CC(C)C(C)(C(O)OCCS(C)(C)C)C(C)(C)C. The fourth-order valence-electron chi connectivity index (χ4n) is 2.10. The van der Waals surface area contributed by atoms with Crippen LogP contribution in [0.25, 0.3) is 0 Å². The summed E-state index contributed by atoms with van der Waals surface area (Å²) in [6.07, 6.45) is 6.12. The highest BCUT2D eigenvalue weighted by molar-refractivity contribution is 8.32. The van der Waals surface area contributed by atoms with Gasteiger partial charge in [-0.05, 0) is 30.1 Å². The zero-order valence-corrected chi connectivity index (χ0v) is 14.6. The van der Waals surface area contributed by atoms with Crippen molar-refractivity contribution in [3.63, 3.8) is 0 Å². The molecule has 0 fully saturated rings. The predicted octanol–water partition coefficient (Wildman–Crippen LogP) is 3.72. The number of aliphatic hydroxyl groups excluding tert-OH is 1. The van der Waals surface area contributed by atoms with E-state index in [2.05, 4.69) is 60.3 Å². The van der Waals surface area contributed by atoms with Gasteiger partial charge in [0.15, 0.2) is 6.29 Å². The summed E-state index contributed by atoms with van der Waals surface area (Å²) in [7, 11) is -0.557. The molecule has 0 saturated carbocycles. The van der Waals surface area contributed by atoms with Crippen molar-refractivity contribution in [3.8, 4) is 0 Å². The minimum Gasteiger partial charge on any atom is -0.367 e. The summed E-state index contributed by atoms with van der Waals surface area (Å²) in [5.41, 5.74) is -0.227. The molecule has 18 heavy (non-hydrogen) atoms. The van der Waals surface area contributed by atoms with Gasteiger partial charge in [0.05, 0.1) is 6.61 Å². The van der Waals surface area contributed by atoms with Crippen LogP contribution in [-0.4, -0.2) is 42.5 Å². The Bertz CT molecular complexity index is 250. The van der Waals surface area contributed by atoms with Crippen molar-refractivity contribution in [2.75, 3.05) is 31.1 Å². The largest absolute Gasteiger partial charge is 0.367 e. The summed E-state index contributed by atoms with van der Waals surface area (Å²) in [5, 5.41) is 10.5. The third-order valence-corrected chi connectivity index (χ3v) is 5.69. The molecule has 3 heteroatoms. The molecule has 0 amide bonds. The van der Waals surface area contributed by atoms with E-state index in [0.717, 1.165) is 5.75 Å². The molecule has 112 valence electrons. The van der Waals surface area contributed by atoms with Crippen molar-refractivity contribution in [2.45, 2.75) is 47.8 Å². The Morgan fingerprint density at radius 1 is 1.06 bits per heavy atom. The van der Waals surface area contributed by atoms with Gasteiger partial charge in [0.1, 0.15) is 0 Å². The number of hydrogen-bond acceptors (Lipinski definition) is 2. The van der Waals surface area contributed by atoms with Gasteiger partial charge in [-0.3, -0.25) is 0 Å². The molecule has 0 radical (unpaired) electrons. The van der Waals surface area contributed by atoms with Crippen LogP contribution in [0.4, 0.5) is 0 Å². The second-order valence-corrected chi connectivity index (χ2v) is 12.3. The van der Waals surface area contributed by atoms with Crippen LogP contribution in [0, 0.1) is 16.7 Å². The van der Waals surface area contributed by atoms with Crippen molar-refractivity contribution >= 4 is 10.0 Å². The van der Waals surface area contributed by atoms with Crippen molar-refractivity contribution in [2.24, 2.45) is 16.7 Å². The average Bonchev–Trinajstić information content (AvgIpc) is 2.11. The fraction of sp³-hybridized carbons (Fsp3) is 1.00. The molecule has 1 N–H and O–H groups in total. The Labute approximate surface area is 116 Å². The molecule has 0 heterocycles. The molecule has 0 aromatic heterocycles. The maximum atomic E-state index is 10.5. The summed E-state index contributed by atoms with van der Waals surface area (Å²) in [4.78, 5) is 0. The maximum absolute atomic E-state index is 10.5. The molecule has 0 bridgehead atoms. The molecule has 0 aliphatic carbocycles. The maximum Gasteiger partial charge on any atom is 0.160 e. The van der Waals surface area contributed by atoms with Crippen molar-refractivity contribution in [3.05, 3.63) is 0 Å². The van der Waals surface area contributed by atoms with Crippen molar-refractivity contribution in [1.29, 1.82) is 0 Å². The second-order valence-electron chi connectivity index (χ2n) is 7.71. The monoisotopic (exact) mass is 278 g/mol. The first kappa shape index (κ1) is 18.3. The predicted molar refractivity (Wildman–Crippen MR) is 84.6 cm³/mol. The smallest absolute Gasteiger partial charge is 0.160 e. The van der Waals surface area contributed by atoms with Gasteiger partial charge in [-0.2, -0.15) is 0 Å². The Morgan fingerprint density at radius 2 is 1.50 bits per heavy atom. The van der Waals surface area contributed by atoms with Crippen LogP contribution in [0.3, 0.4) is 0 Å². The lowest BCUT2D eigenvalue weighted by Crippen LogP contribution is -2.48. The molecule has 0 saturated heterocycles. The first-order valence-electron chi connectivity index (χ1n) is 6.78. The van der Waals surface area contributed by atoms with Gasteiger partial charge in [-0.1, -0.05) is 41.5 Å². The molecule has 0 aliphatic rings. The van der Waals surface area contributed by atoms with Crippen LogP contribution in [-0.2, 0) is 4.74 Å². The van der Waals surface area contributed by atoms with Crippen molar-refractivity contribution < 1.29 is 9.84 Å². The lowest BCUT2D eigenvalue weighted by atomic mass is 9.61. The third kappa shape index (κ3) is 4.75. The van der Waals surface area contributed by atoms with Gasteiger partial charge in [-0.25, -0.2) is 10.0 Å². The van der Waals surface area contributed by atoms with E-state index in [1.807, 2.05) is 0 Å². The van der Waals surface area contributed by atoms with E-state index in [1.54, 1.807) is 0 Å². The normalized spacial score (nSPS) is 19.7. The van der Waals surface area contributed by atoms with Gasteiger partial charge in [0.2, 0.25) is 0 Å². The highest BCUT2D eigenvalue weighted by atomic mass is 32.3. The van der Waals surface area contributed by atoms with E-state index in [1.165, 1.54) is 0 Å². The number of ether oxygens (including phenoxy) is 1. The van der Waals surface area contributed by atoms with Crippen molar-refractivity contribution in [1.82, 2.24) is 0 Å². The zero-order valence-electron chi connectivity index (χ0n) is 13.8. The van der Waals surface area contributed by atoms with Crippen LogP contribution in [0.15, 0.2) is 0 Å². The standard InChI is InChI=1S/C15H34O2S/c1-12(2)15(6,14(3,4)5)13(16)17-10-11-18(7,8)9/h12-13,16H,10-11H2,1-9H3. The lowest BCUT2D eigenvalue weighted by Gasteiger charge is -2.48. The molecule has 0 aromatic rings. The molecular weight excluding hydrogens is 244 g/mol. The van der Waals surface area contributed by atoms with E-state index in [4.69, 9.17) is 4.74 Å². The van der Waals surface area contributed by atoms with Crippen LogP contribution in [0.2, 0.25) is 0 Å². The average molecular weight is 279 g/mol. The molecule has 0 spiro atoms. The molecule has 0 rings (SSSR count). The Balaban J connectivity index is 4.66. The van der Waals surface area contributed by atoms with Gasteiger partial charge in [0, 0.05) is 11.2 Å². The fourth-order valence-corrected chi connectivity index (χ4v) is 2.70. The van der Waals surface area contributed by atoms with E-state index in [9.17, 15) is 5.11 Å². The molecular formula is C15H34O2S. The number of aliphatic hydroxyl groups is 1. The highest BCUT2D eigenvalue weighted by Gasteiger charge is 2.46. The van der Waals surface area contributed by atoms with E-state index < -0.39 is 16.3 Å². The summed E-state index contributed by atoms with van der Waals surface area (Å²) >= 11 is 0. The van der Waals surface area contributed by atoms with Gasteiger partial charge in [-0.15, -0.1) is 0 Å². The van der Waals surface area contributed by atoms with Crippen LogP contribution in [0.5, 0.6) is 0 Å².